The van der Waals surface area contributed by atoms with E-state index in [1.807, 2.05) is 0 Å². The van der Waals surface area contributed by atoms with Gasteiger partial charge in [-0.05, 0) is 85.9 Å². The van der Waals surface area contributed by atoms with Gasteiger partial charge in [0.05, 0.1) is 12.2 Å². The lowest BCUT2D eigenvalue weighted by atomic mass is 9.43. The first-order valence-corrected chi connectivity index (χ1v) is 14.1. The number of hydrogen-bond donors (Lipinski definition) is 1. The highest BCUT2D eigenvalue weighted by Crippen LogP contribution is 2.74. The van der Waals surface area contributed by atoms with E-state index >= 15 is 0 Å². The van der Waals surface area contributed by atoms with E-state index in [9.17, 15) is 9.90 Å². The normalized spacial score (nSPS) is 51.2. The Hall–Kier alpha value is -0.610. The molecule has 0 radical (unpaired) electrons. The van der Waals surface area contributed by atoms with Crippen molar-refractivity contribution in [3.8, 4) is 0 Å². The van der Waals surface area contributed by atoms with Crippen LogP contribution in [-0.4, -0.2) is 35.0 Å². The van der Waals surface area contributed by atoms with Crippen LogP contribution in [0, 0.1) is 46.3 Å². The molecule has 1 aliphatic heterocycles. The lowest BCUT2D eigenvalue weighted by Crippen LogP contribution is -2.65. The van der Waals surface area contributed by atoms with Crippen LogP contribution >= 0.6 is 0 Å². The van der Waals surface area contributed by atoms with Gasteiger partial charge < -0.3 is 14.6 Å². The van der Waals surface area contributed by atoms with Gasteiger partial charge in [-0.25, -0.2) is 0 Å². The number of rotatable bonds is 6. The maximum atomic E-state index is 11.9. The molecule has 1 spiro atoms. The number of esters is 1. The molecule has 188 valence electrons. The van der Waals surface area contributed by atoms with Crippen molar-refractivity contribution < 1.29 is 19.4 Å². The van der Waals surface area contributed by atoms with Crippen molar-refractivity contribution in [1.29, 1.82) is 0 Å². The predicted octanol–water partition coefficient (Wildman–Crippen LogP) is 6.14. The summed E-state index contributed by atoms with van der Waals surface area (Å²) in [6, 6.07) is 0. The SMILES string of the molecule is CC(=O)O[C@H]1[C@@H](O)CC[C@]2(C)[C@H]3CC[C@]4(C)[C@@H]([C@H](C)CCCC(C)C)CC[C@H]4[C@@H]3C[C@H]3O[C@@]312. The summed E-state index contributed by atoms with van der Waals surface area (Å²) in [6.45, 7) is 13.7. The van der Waals surface area contributed by atoms with E-state index in [4.69, 9.17) is 9.47 Å². The molecule has 0 aromatic carbocycles. The summed E-state index contributed by atoms with van der Waals surface area (Å²) >= 11 is 0. The van der Waals surface area contributed by atoms with Gasteiger partial charge in [0, 0.05) is 12.3 Å². The number of epoxide rings is 1. The van der Waals surface area contributed by atoms with Crippen LogP contribution < -0.4 is 0 Å². The Morgan fingerprint density at radius 1 is 1.06 bits per heavy atom. The fourth-order valence-electron chi connectivity index (χ4n) is 10.1. The molecule has 4 heteroatoms. The molecule has 0 bridgehead atoms. The zero-order valence-electron chi connectivity index (χ0n) is 21.9. The number of carbonyl (C=O) groups excluding carboxylic acids is 1. The van der Waals surface area contributed by atoms with Crippen molar-refractivity contribution in [3.05, 3.63) is 0 Å². The molecular weight excluding hydrogens is 412 g/mol. The average molecular weight is 461 g/mol. The van der Waals surface area contributed by atoms with Crippen LogP contribution in [0.25, 0.3) is 0 Å². The molecule has 4 saturated carbocycles. The molecule has 5 aliphatic rings. The lowest BCUT2D eigenvalue weighted by Gasteiger charge is -2.60. The molecule has 0 aromatic heterocycles. The van der Waals surface area contributed by atoms with Crippen molar-refractivity contribution in [2.75, 3.05) is 0 Å². The van der Waals surface area contributed by atoms with Crippen molar-refractivity contribution in [2.45, 2.75) is 130 Å². The summed E-state index contributed by atoms with van der Waals surface area (Å²) in [5, 5.41) is 10.8. The van der Waals surface area contributed by atoms with Crippen LogP contribution in [0.1, 0.15) is 106 Å². The topological polar surface area (TPSA) is 59.1 Å². The monoisotopic (exact) mass is 460 g/mol. The molecule has 5 fully saturated rings. The molecule has 1 N–H and O–H groups in total. The average Bonchev–Trinajstić information content (AvgIpc) is 3.35. The summed E-state index contributed by atoms with van der Waals surface area (Å²) in [5.74, 6) is 4.33. The quantitative estimate of drug-likeness (QED) is 0.382. The van der Waals surface area contributed by atoms with Crippen LogP contribution in [0.5, 0.6) is 0 Å². The van der Waals surface area contributed by atoms with Gasteiger partial charge >= 0.3 is 5.97 Å². The van der Waals surface area contributed by atoms with E-state index in [1.54, 1.807) is 0 Å². The smallest absolute Gasteiger partial charge is 0.303 e. The summed E-state index contributed by atoms with van der Waals surface area (Å²) in [4.78, 5) is 11.9. The Balaban J connectivity index is 1.36. The minimum Gasteiger partial charge on any atom is -0.457 e. The molecule has 1 heterocycles. The van der Waals surface area contributed by atoms with Gasteiger partial charge in [0.2, 0.25) is 0 Å². The van der Waals surface area contributed by atoms with E-state index in [0.29, 0.717) is 17.8 Å². The second kappa shape index (κ2) is 8.22. The molecule has 4 nitrogen and oxygen atoms in total. The van der Waals surface area contributed by atoms with Crippen LogP contribution in [-0.2, 0) is 14.3 Å². The van der Waals surface area contributed by atoms with Crippen molar-refractivity contribution in [2.24, 2.45) is 46.3 Å². The summed E-state index contributed by atoms with van der Waals surface area (Å²) in [6.07, 6.45) is 11.3. The van der Waals surface area contributed by atoms with E-state index in [2.05, 4.69) is 34.6 Å². The van der Waals surface area contributed by atoms with Crippen LogP contribution in [0.15, 0.2) is 0 Å². The fourth-order valence-corrected chi connectivity index (χ4v) is 10.1. The first-order valence-electron chi connectivity index (χ1n) is 14.1. The van der Waals surface area contributed by atoms with E-state index in [-0.39, 0.29) is 17.5 Å². The fraction of sp³-hybridized carbons (Fsp3) is 0.966. The number of carbonyl (C=O) groups is 1. The summed E-state index contributed by atoms with van der Waals surface area (Å²) < 4.78 is 12.3. The zero-order valence-corrected chi connectivity index (χ0v) is 21.9. The second-order valence-electron chi connectivity index (χ2n) is 13.6. The van der Waals surface area contributed by atoms with E-state index in [0.717, 1.165) is 42.4 Å². The Morgan fingerprint density at radius 3 is 2.52 bits per heavy atom. The molecule has 33 heavy (non-hydrogen) atoms. The van der Waals surface area contributed by atoms with Gasteiger partial charge in [-0.1, -0.05) is 53.9 Å². The van der Waals surface area contributed by atoms with Gasteiger partial charge in [-0.2, -0.15) is 0 Å². The number of hydrogen-bond acceptors (Lipinski definition) is 4. The molecule has 0 unspecified atom stereocenters. The number of fused-ring (bicyclic) bond motifs is 4. The zero-order chi connectivity index (χ0) is 23.8. The molecule has 1 saturated heterocycles. The molecular formula is C29H48O4. The van der Waals surface area contributed by atoms with Crippen molar-refractivity contribution >= 4 is 5.97 Å². The van der Waals surface area contributed by atoms with Gasteiger partial charge in [0.15, 0.2) is 6.10 Å². The first-order chi connectivity index (χ1) is 15.5. The molecule has 0 amide bonds. The largest absolute Gasteiger partial charge is 0.457 e. The Kier molecular flexibility index (Phi) is 6.00. The van der Waals surface area contributed by atoms with Gasteiger partial charge in [0.1, 0.15) is 5.60 Å². The number of aliphatic hydroxyl groups is 1. The Morgan fingerprint density at radius 2 is 1.82 bits per heavy atom. The van der Waals surface area contributed by atoms with Crippen LogP contribution in [0.2, 0.25) is 0 Å². The first kappa shape index (κ1) is 24.1. The van der Waals surface area contributed by atoms with Crippen LogP contribution in [0.3, 0.4) is 0 Å². The second-order valence-corrected chi connectivity index (χ2v) is 13.6. The Bertz CT molecular complexity index is 765. The van der Waals surface area contributed by atoms with Gasteiger partial charge in [-0.15, -0.1) is 0 Å². The highest BCUT2D eigenvalue weighted by atomic mass is 16.7. The summed E-state index contributed by atoms with van der Waals surface area (Å²) in [7, 11) is 0. The maximum absolute atomic E-state index is 11.9. The maximum Gasteiger partial charge on any atom is 0.303 e. The Labute approximate surface area is 201 Å². The third-order valence-electron chi connectivity index (χ3n) is 11.6. The third-order valence-corrected chi connectivity index (χ3v) is 11.6. The van der Waals surface area contributed by atoms with E-state index < -0.39 is 17.8 Å². The number of aliphatic hydroxyl groups excluding tert-OH is 1. The van der Waals surface area contributed by atoms with E-state index in [1.165, 1.54) is 51.9 Å². The lowest BCUT2D eigenvalue weighted by molar-refractivity contribution is -0.192. The molecule has 4 aliphatic carbocycles. The van der Waals surface area contributed by atoms with Crippen molar-refractivity contribution in [3.63, 3.8) is 0 Å². The molecule has 11 atom stereocenters. The molecule has 0 aromatic rings. The highest BCUT2D eigenvalue weighted by molar-refractivity contribution is 5.66. The van der Waals surface area contributed by atoms with Crippen LogP contribution in [0.4, 0.5) is 0 Å². The highest BCUT2D eigenvalue weighted by Gasteiger charge is 2.80. The predicted molar refractivity (Wildman–Crippen MR) is 130 cm³/mol. The summed E-state index contributed by atoms with van der Waals surface area (Å²) in [5.41, 5.74) is 0.0166. The van der Waals surface area contributed by atoms with Crippen molar-refractivity contribution in [1.82, 2.24) is 0 Å². The third kappa shape index (κ3) is 3.47. The number of ether oxygens (including phenoxy) is 2. The standard InChI is InChI=1S/C29H48O4/c1-17(2)8-7-9-18(3)21-10-11-22-20-16-25-29(33-25)26(32-19(4)30)24(31)13-15-28(29,6)23(20)12-14-27(21,22)5/h17-18,20-26,31H,7-16H2,1-6H3/t18-,20+,21-,22+,23+,24+,25-,26+,27-,28-,29+/m1/s1. The van der Waals surface area contributed by atoms with Gasteiger partial charge in [0.25, 0.3) is 0 Å². The molecule has 5 rings (SSSR count). The minimum atomic E-state index is -0.597. The van der Waals surface area contributed by atoms with Gasteiger partial charge in [-0.3, -0.25) is 4.79 Å². The minimum absolute atomic E-state index is 0.00221.